The van der Waals surface area contributed by atoms with Crippen molar-refractivity contribution >= 4 is 19.7 Å². The lowest BCUT2D eigenvalue weighted by molar-refractivity contribution is 1.26. The topological polar surface area (TPSA) is 0 Å². The molecule has 0 saturated carbocycles. The Kier molecular flexibility index (Phi) is 6.57. The molecule has 0 saturated heterocycles. The first kappa shape index (κ1) is 18.2. The summed E-state index contributed by atoms with van der Waals surface area (Å²) in [6.45, 7) is 11.3. The van der Waals surface area contributed by atoms with Crippen LogP contribution in [0.2, 0.25) is 19.6 Å². The average Bonchev–Trinajstić information content (AvgIpc) is 2.58. The van der Waals surface area contributed by atoms with Crippen molar-refractivity contribution in [3.05, 3.63) is 95.7 Å². The van der Waals surface area contributed by atoms with Crippen molar-refractivity contribution in [2.24, 2.45) is 0 Å². The molecule has 0 aliphatic carbocycles. The summed E-state index contributed by atoms with van der Waals surface area (Å²) in [6.07, 6.45) is 8.52. The maximum atomic E-state index is 3.99. The van der Waals surface area contributed by atoms with Crippen molar-refractivity contribution < 1.29 is 0 Å². The van der Waals surface area contributed by atoms with Gasteiger partial charge in [0.2, 0.25) is 0 Å². The third kappa shape index (κ3) is 5.21. The molecule has 0 bridgehead atoms. The van der Waals surface area contributed by atoms with E-state index in [2.05, 4.69) is 105 Å². The van der Waals surface area contributed by atoms with Crippen LogP contribution < -0.4 is 0 Å². The molecule has 0 atom stereocenters. The largest absolute Gasteiger partial charge is 0.103 e. The Balaban J connectivity index is 2.40. The fourth-order valence-corrected chi connectivity index (χ4v) is 4.87. The van der Waals surface area contributed by atoms with E-state index in [0.717, 1.165) is 12.8 Å². The van der Waals surface area contributed by atoms with Gasteiger partial charge in [-0.05, 0) is 29.5 Å². The van der Waals surface area contributed by atoms with Crippen LogP contribution in [0, 0.1) is 0 Å². The van der Waals surface area contributed by atoms with E-state index >= 15 is 0 Å². The van der Waals surface area contributed by atoms with Gasteiger partial charge in [0.05, 0.1) is 8.07 Å². The summed E-state index contributed by atoms with van der Waals surface area (Å²) < 4.78 is 0. The molecule has 0 fully saturated rings. The molecule has 0 nitrogen and oxygen atoms in total. The molecule has 0 aromatic heterocycles. The molecule has 0 unspecified atom stereocenters. The molecule has 0 N–H and O–H groups in total. The van der Waals surface area contributed by atoms with Gasteiger partial charge in [0.15, 0.2) is 0 Å². The highest BCUT2D eigenvalue weighted by Gasteiger charge is 2.22. The summed E-state index contributed by atoms with van der Waals surface area (Å²) in [5.74, 6) is 0. The number of rotatable bonds is 7. The number of allylic oxidation sites excluding steroid dienone is 4. The Hall–Kier alpha value is -2.12. The molecule has 24 heavy (non-hydrogen) atoms. The summed E-state index contributed by atoms with van der Waals surface area (Å²) >= 11 is 0. The molecule has 0 heterocycles. The van der Waals surface area contributed by atoms with Crippen LogP contribution in [0.1, 0.15) is 24.0 Å². The van der Waals surface area contributed by atoms with Gasteiger partial charge in [-0.1, -0.05) is 104 Å². The molecular formula is C23H28Si. The van der Waals surface area contributed by atoms with Gasteiger partial charge < -0.3 is 0 Å². The molecule has 1 heteroatoms. The van der Waals surface area contributed by atoms with Crippen molar-refractivity contribution in [2.75, 3.05) is 0 Å². The smallest absolute Gasteiger partial charge is 0.0732 e. The van der Waals surface area contributed by atoms with E-state index in [1.165, 1.54) is 16.7 Å². The van der Waals surface area contributed by atoms with E-state index in [1.54, 1.807) is 5.20 Å². The number of benzene rings is 2. The summed E-state index contributed by atoms with van der Waals surface area (Å²) in [6, 6.07) is 21.3. The average molecular weight is 333 g/mol. The molecule has 2 aromatic rings. The summed E-state index contributed by atoms with van der Waals surface area (Å²) in [7, 11) is -1.41. The molecule has 2 aromatic carbocycles. The van der Waals surface area contributed by atoms with Gasteiger partial charge in [-0.15, -0.1) is 6.58 Å². The van der Waals surface area contributed by atoms with Crippen LogP contribution in [0.25, 0.3) is 11.6 Å². The molecular weight excluding hydrogens is 304 g/mol. The highest BCUT2D eigenvalue weighted by molar-refractivity contribution is 6.84. The first-order chi connectivity index (χ1) is 11.5. The van der Waals surface area contributed by atoms with E-state index in [0.29, 0.717) is 0 Å². The van der Waals surface area contributed by atoms with Crippen LogP contribution in [0.5, 0.6) is 0 Å². The minimum atomic E-state index is -1.41. The third-order valence-corrected chi connectivity index (χ3v) is 6.49. The fourth-order valence-electron chi connectivity index (χ4n) is 2.96. The monoisotopic (exact) mass is 332 g/mol. The van der Waals surface area contributed by atoms with E-state index < -0.39 is 8.07 Å². The second kappa shape index (κ2) is 8.65. The highest BCUT2D eigenvalue weighted by atomic mass is 28.3. The Morgan fingerprint density at radius 3 is 2.00 bits per heavy atom. The molecule has 0 spiro atoms. The van der Waals surface area contributed by atoms with Crippen LogP contribution in [-0.2, 0) is 0 Å². The van der Waals surface area contributed by atoms with Gasteiger partial charge in [0, 0.05) is 0 Å². The molecule has 0 aliphatic rings. The fraction of sp³-hybridized carbons (Fsp3) is 0.217. The summed E-state index contributed by atoms with van der Waals surface area (Å²) in [4.78, 5) is 0. The lowest BCUT2D eigenvalue weighted by atomic mass is 10.0. The van der Waals surface area contributed by atoms with E-state index in [9.17, 15) is 0 Å². The second-order valence-electron chi connectivity index (χ2n) is 7.08. The lowest BCUT2D eigenvalue weighted by Crippen LogP contribution is -2.25. The minimum Gasteiger partial charge on any atom is -0.103 e. The Labute approximate surface area is 148 Å². The maximum Gasteiger partial charge on any atom is 0.0732 e. The van der Waals surface area contributed by atoms with Crippen molar-refractivity contribution in [2.45, 2.75) is 32.5 Å². The van der Waals surface area contributed by atoms with Gasteiger partial charge in [0.1, 0.15) is 0 Å². The summed E-state index contributed by atoms with van der Waals surface area (Å²) in [5.41, 5.74) is 4.07. The lowest BCUT2D eigenvalue weighted by Gasteiger charge is -2.25. The first-order valence-corrected chi connectivity index (χ1v) is 12.1. The van der Waals surface area contributed by atoms with Crippen LogP contribution in [-0.4, -0.2) is 8.07 Å². The zero-order valence-electron chi connectivity index (χ0n) is 15.1. The zero-order chi connectivity index (χ0) is 17.4. The van der Waals surface area contributed by atoms with Gasteiger partial charge in [-0.2, -0.15) is 0 Å². The number of hydrogen-bond acceptors (Lipinski definition) is 0. The highest BCUT2D eigenvalue weighted by Crippen LogP contribution is 2.31. The van der Waals surface area contributed by atoms with Gasteiger partial charge in [0.25, 0.3) is 0 Å². The Morgan fingerprint density at radius 1 is 0.875 bits per heavy atom. The van der Waals surface area contributed by atoms with Crippen molar-refractivity contribution in [1.29, 1.82) is 0 Å². The van der Waals surface area contributed by atoms with Crippen LogP contribution in [0.3, 0.4) is 0 Å². The Morgan fingerprint density at radius 2 is 1.46 bits per heavy atom. The number of hydrogen-bond donors (Lipinski definition) is 0. The van der Waals surface area contributed by atoms with Crippen molar-refractivity contribution in [3.63, 3.8) is 0 Å². The van der Waals surface area contributed by atoms with Crippen LogP contribution >= 0.6 is 0 Å². The van der Waals surface area contributed by atoms with E-state index in [1.807, 2.05) is 0 Å². The molecule has 124 valence electrons. The van der Waals surface area contributed by atoms with Crippen LogP contribution in [0.15, 0.2) is 84.6 Å². The van der Waals surface area contributed by atoms with Gasteiger partial charge in [-0.3, -0.25) is 0 Å². The van der Waals surface area contributed by atoms with Crippen molar-refractivity contribution in [3.8, 4) is 0 Å². The van der Waals surface area contributed by atoms with E-state index in [-0.39, 0.29) is 0 Å². The van der Waals surface area contributed by atoms with Gasteiger partial charge in [-0.25, -0.2) is 0 Å². The molecule has 0 aliphatic heterocycles. The quantitative estimate of drug-likeness (QED) is 0.378. The standard InChI is InChI=1S/C23H28Si/c1-5-13-23(24(2,3)4)22(21-17-10-7-11-18-21)19-12-16-20-14-8-6-9-15-20/h5-12,14-18H,1,13,19H2,2-4H3/b16-12+,23-22+. The van der Waals surface area contributed by atoms with Gasteiger partial charge >= 0.3 is 0 Å². The van der Waals surface area contributed by atoms with Crippen LogP contribution in [0.4, 0.5) is 0 Å². The second-order valence-corrected chi connectivity index (χ2v) is 12.2. The third-order valence-electron chi connectivity index (χ3n) is 4.17. The zero-order valence-corrected chi connectivity index (χ0v) is 16.1. The first-order valence-electron chi connectivity index (χ1n) is 8.63. The maximum absolute atomic E-state index is 3.99. The van der Waals surface area contributed by atoms with E-state index in [4.69, 9.17) is 0 Å². The molecule has 0 amide bonds. The summed E-state index contributed by atoms with van der Waals surface area (Å²) in [5, 5.41) is 1.60. The predicted molar refractivity (Wildman–Crippen MR) is 112 cm³/mol. The molecule has 0 radical (unpaired) electrons. The predicted octanol–water partition coefficient (Wildman–Crippen LogP) is 7.00. The minimum absolute atomic E-state index is 0.965. The Bertz CT molecular complexity index is 701. The molecule has 2 rings (SSSR count). The normalized spacial score (nSPS) is 13.0. The SMILES string of the molecule is C=CC/C(=C(/C/C=C/c1ccccc1)c1ccccc1)[Si](C)(C)C. The van der Waals surface area contributed by atoms with Crippen molar-refractivity contribution in [1.82, 2.24) is 0 Å².